The highest BCUT2D eigenvalue weighted by molar-refractivity contribution is 7.09. The summed E-state index contributed by atoms with van der Waals surface area (Å²) in [5.74, 6) is 0.773. The highest BCUT2D eigenvalue weighted by Crippen LogP contribution is 2.28. The largest absolute Gasteiger partial charge is 0.355 e. The van der Waals surface area contributed by atoms with E-state index in [4.69, 9.17) is 0 Å². The second-order valence-electron chi connectivity index (χ2n) is 5.87. The molecule has 0 spiro atoms. The van der Waals surface area contributed by atoms with Crippen LogP contribution in [0.3, 0.4) is 0 Å². The van der Waals surface area contributed by atoms with Crippen molar-refractivity contribution in [1.82, 2.24) is 19.1 Å². The van der Waals surface area contributed by atoms with E-state index >= 15 is 0 Å². The van der Waals surface area contributed by atoms with E-state index < -0.39 is 0 Å². The number of hydrogen-bond acceptors (Lipinski definition) is 5. The van der Waals surface area contributed by atoms with Crippen molar-refractivity contribution in [2.45, 2.75) is 38.3 Å². The smallest absolute Gasteiger partial charge is 0.203 e. The fraction of sp³-hybridized carbons (Fsp3) is 0.353. The zero-order chi connectivity index (χ0) is 15.5. The zero-order valence-electron chi connectivity index (χ0n) is 12.9. The minimum absolute atomic E-state index is 0.593. The molecule has 6 heteroatoms. The molecule has 1 N–H and O–H groups in total. The van der Waals surface area contributed by atoms with Crippen molar-refractivity contribution in [2.24, 2.45) is 0 Å². The lowest BCUT2D eigenvalue weighted by molar-refractivity contribution is 0.463. The third kappa shape index (κ3) is 3.27. The Labute approximate surface area is 139 Å². The van der Waals surface area contributed by atoms with E-state index in [1.54, 1.807) is 0 Å². The molecule has 2 heterocycles. The van der Waals surface area contributed by atoms with Gasteiger partial charge >= 0.3 is 0 Å². The summed E-state index contributed by atoms with van der Waals surface area (Å²) >= 11 is 1.39. The number of hydrogen-bond donors (Lipinski definition) is 1. The minimum atomic E-state index is 0.593. The Morgan fingerprint density at radius 1 is 1.13 bits per heavy atom. The van der Waals surface area contributed by atoms with Crippen LogP contribution >= 0.6 is 11.5 Å². The Morgan fingerprint density at radius 3 is 2.78 bits per heavy atom. The van der Waals surface area contributed by atoms with Crippen molar-refractivity contribution in [3.8, 4) is 11.4 Å². The van der Waals surface area contributed by atoms with Crippen LogP contribution in [0, 0.1) is 0 Å². The molecule has 1 aromatic carbocycles. The molecule has 2 aromatic heterocycles. The fourth-order valence-electron chi connectivity index (χ4n) is 3.01. The first kappa shape index (κ1) is 14.4. The quantitative estimate of drug-likeness (QED) is 0.766. The number of anilines is 1. The van der Waals surface area contributed by atoms with Crippen molar-refractivity contribution >= 4 is 16.7 Å². The van der Waals surface area contributed by atoms with Gasteiger partial charge in [0.25, 0.3) is 0 Å². The fourth-order valence-corrected chi connectivity index (χ4v) is 3.59. The molecule has 0 unspecified atom stereocenters. The first-order valence-electron chi connectivity index (χ1n) is 8.05. The second-order valence-corrected chi connectivity index (χ2v) is 6.62. The average molecular weight is 325 g/mol. The van der Waals surface area contributed by atoms with Gasteiger partial charge in [-0.3, -0.25) is 4.68 Å². The Balaban J connectivity index is 1.39. The number of aromatic nitrogens is 4. The second kappa shape index (κ2) is 6.50. The van der Waals surface area contributed by atoms with Crippen LogP contribution in [-0.2, 0) is 6.54 Å². The molecule has 1 aliphatic rings. The number of rotatable bonds is 5. The van der Waals surface area contributed by atoms with Crippen molar-refractivity contribution in [3.05, 3.63) is 48.3 Å². The van der Waals surface area contributed by atoms with Gasteiger partial charge in [0, 0.05) is 23.3 Å². The molecule has 0 amide bonds. The summed E-state index contributed by atoms with van der Waals surface area (Å²) in [6, 6.07) is 12.7. The van der Waals surface area contributed by atoms with Gasteiger partial charge in [0.1, 0.15) is 0 Å². The predicted octanol–water partition coefficient (Wildman–Crippen LogP) is 4.13. The molecule has 0 bridgehead atoms. The van der Waals surface area contributed by atoms with E-state index in [1.807, 2.05) is 30.3 Å². The molecular weight excluding hydrogens is 306 g/mol. The standard InChI is InChI=1S/C17H19N5S/c1-2-6-13(7-3-1)16-19-17(23-21-16)18-12-14-10-11-22(20-14)15-8-4-5-9-15/h1-3,6-7,10-11,15H,4-5,8-9,12H2,(H,18,19,21). The summed E-state index contributed by atoms with van der Waals surface area (Å²) < 4.78 is 6.53. The van der Waals surface area contributed by atoms with Crippen LogP contribution in [0.15, 0.2) is 42.6 Å². The van der Waals surface area contributed by atoms with Crippen LogP contribution in [0.1, 0.15) is 37.4 Å². The number of nitrogens with zero attached hydrogens (tertiary/aromatic N) is 4. The zero-order valence-corrected chi connectivity index (χ0v) is 13.7. The molecule has 0 radical (unpaired) electrons. The summed E-state index contributed by atoms with van der Waals surface area (Å²) in [5, 5.41) is 8.84. The van der Waals surface area contributed by atoms with Crippen LogP contribution in [0.2, 0.25) is 0 Å². The summed E-state index contributed by atoms with van der Waals surface area (Å²) in [6.07, 6.45) is 7.26. The van der Waals surface area contributed by atoms with Gasteiger partial charge in [0.05, 0.1) is 18.3 Å². The van der Waals surface area contributed by atoms with Gasteiger partial charge in [0.2, 0.25) is 5.13 Å². The molecule has 1 saturated carbocycles. The molecule has 1 aliphatic carbocycles. The predicted molar refractivity (Wildman–Crippen MR) is 92.4 cm³/mol. The van der Waals surface area contributed by atoms with E-state index in [2.05, 4.69) is 36.7 Å². The monoisotopic (exact) mass is 325 g/mol. The van der Waals surface area contributed by atoms with E-state index in [1.165, 1.54) is 37.2 Å². The molecule has 5 nitrogen and oxygen atoms in total. The SMILES string of the molecule is c1ccc(-c2nsc(NCc3ccn(C4CCCC4)n3)n2)cc1. The maximum absolute atomic E-state index is 4.68. The lowest BCUT2D eigenvalue weighted by Gasteiger charge is -2.08. The molecule has 1 fully saturated rings. The van der Waals surface area contributed by atoms with Crippen LogP contribution in [0.25, 0.3) is 11.4 Å². The highest BCUT2D eigenvalue weighted by Gasteiger charge is 2.17. The van der Waals surface area contributed by atoms with E-state index in [-0.39, 0.29) is 0 Å². The Bertz CT molecular complexity index is 758. The third-order valence-electron chi connectivity index (χ3n) is 4.24. The van der Waals surface area contributed by atoms with Gasteiger partial charge < -0.3 is 5.32 Å². The van der Waals surface area contributed by atoms with Gasteiger partial charge in [-0.05, 0) is 18.9 Å². The molecule has 23 heavy (non-hydrogen) atoms. The summed E-state index contributed by atoms with van der Waals surface area (Å²) in [6.45, 7) is 0.684. The number of nitrogens with one attached hydrogen (secondary N) is 1. The highest BCUT2D eigenvalue weighted by atomic mass is 32.1. The Morgan fingerprint density at radius 2 is 1.96 bits per heavy atom. The van der Waals surface area contributed by atoms with Gasteiger partial charge in [-0.25, -0.2) is 0 Å². The maximum Gasteiger partial charge on any atom is 0.203 e. The van der Waals surface area contributed by atoms with Crippen LogP contribution in [0.4, 0.5) is 5.13 Å². The van der Waals surface area contributed by atoms with Crippen LogP contribution in [-0.4, -0.2) is 19.1 Å². The lowest BCUT2D eigenvalue weighted by atomic mass is 10.2. The molecule has 0 aliphatic heterocycles. The molecule has 0 atom stereocenters. The first-order chi connectivity index (χ1) is 11.4. The molecule has 0 saturated heterocycles. The van der Waals surface area contributed by atoms with Crippen molar-refractivity contribution < 1.29 is 0 Å². The van der Waals surface area contributed by atoms with E-state index in [0.717, 1.165) is 22.2 Å². The van der Waals surface area contributed by atoms with Crippen molar-refractivity contribution in [2.75, 3.05) is 5.32 Å². The van der Waals surface area contributed by atoms with Gasteiger partial charge in [-0.1, -0.05) is 43.2 Å². The van der Waals surface area contributed by atoms with Gasteiger partial charge in [-0.2, -0.15) is 14.5 Å². The van der Waals surface area contributed by atoms with Crippen molar-refractivity contribution in [3.63, 3.8) is 0 Å². The van der Waals surface area contributed by atoms with E-state index in [0.29, 0.717) is 12.6 Å². The normalized spacial score (nSPS) is 15.1. The maximum atomic E-state index is 4.68. The third-order valence-corrected chi connectivity index (χ3v) is 4.91. The van der Waals surface area contributed by atoms with Gasteiger partial charge in [-0.15, -0.1) is 0 Å². The molecule has 3 aromatic rings. The Kier molecular flexibility index (Phi) is 4.06. The molecular formula is C17H19N5S. The Hall–Kier alpha value is -2.21. The van der Waals surface area contributed by atoms with Crippen molar-refractivity contribution in [1.29, 1.82) is 0 Å². The lowest BCUT2D eigenvalue weighted by Crippen LogP contribution is -2.07. The van der Waals surface area contributed by atoms with Crippen LogP contribution < -0.4 is 5.32 Å². The summed E-state index contributed by atoms with van der Waals surface area (Å²) in [7, 11) is 0. The van der Waals surface area contributed by atoms with Crippen LogP contribution in [0.5, 0.6) is 0 Å². The minimum Gasteiger partial charge on any atom is -0.355 e. The summed E-state index contributed by atoms with van der Waals surface area (Å²) in [4.78, 5) is 4.54. The molecule has 118 valence electrons. The number of benzene rings is 1. The first-order valence-corrected chi connectivity index (χ1v) is 8.83. The topological polar surface area (TPSA) is 55.6 Å². The van der Waals surface area contributed by atoms with E-state index in [9.17, 15) is 0 Å². The average Bonchev–Trinajstić information content (AvgIpc) is 3.33. The summed E-state index contributed by atoms with van der Waals surface area (Å²) in [5.41, 5.74) is 2.09. The molecule has 4 rings (SSSR count). The van der Waals surface area contributed by atoms with Gasteiger partial charge in [0.15, 0.2) is 5.82 Å².